The number of carbonyl (C=O) groups excluding carboxylic acids is 2. The van der Waals surface area contributed by atoms with E-state index in [0.29, 0.717) is 26.2 Å². The molecule has 1 saturated heterocycles. The van der Waals surface area contributed by atoms with Gasteiger partial charge in [0, 0.05) is 43.9 Å². The molecule has 4 rings (SSSR count). The number of amides is 2. The zero-order valence-corrected chi connectivity index (χ0v) is 21.6. The van der Waals surface area contributed by atoms with E-state index in [1.54, 1.807) is 11.0 Å². The second-order valence-electron chi connectivity index (χ2n) is 9.45. The Balaban J connectivity index is 1.37. The lowest BCUT2D eigenvalue weighted by atomic mass is 10.1. The van der Waals surface area contributed by atoms with Crippen molar-refractivity contribution < 1.29 is 14.0 Å². The topological polar surface area (TPSA) is 69.6 Å². The molecule has 1 aliphatic rings. The van der Waals surface area contributed by atoms with Gasteiger partial charge in [-0.25, -0.2) is 4.39 Å². The number of nitrogens with zero attached hydrogens (tertiary/aromatic N) is 5. The second kappa shape index (κ2) is 12.4. The van der Waals surface area contributed by atoms with E-state index in [9.17, 15) is 14.0 Å². The van der Waals surface area contributed by atoms with Crippen molar-refractivity contribution in [3.05, 3.63) is 77.6 Å². The predicted octanol–water partition coefficient (Wildman–Crippen LogP) is 4.57. The van der Waals surface area contributed by atoms with Gasteiger partial charge in [0.25, 0.3) is 5.91 Å². The van der Waals surface area contributed by atoms with Crippen LogP contribution in [-0.2, 0) is 4.79 Å². The first-order valence-corrected chi connectivity index (χ1v) is 12.9. The van der Waals surface area contributed by atoms with Crippen LogP contribution in [0.2, 0.25) is 0 Å². The van der Waals surface area contributed by atoms with Gasteiger partial charge in [0.15, 0.2) is 5.82 Å². The molecule has 2 amide bonds. The van der Waals surface area contributed by atoms with Gasteiger partial charge >= 0.3 is 0 Å². The molecule has 0 atom stereocenters. The van der Waals surface area contributed by atoms with E-state index in [4.69, 9.17) is 0 Å². The summed E-state index contributed by atoms with van der Waals surface area (Å²) in [5.41, 5.74) is 3.31. The molecule has 194 valence electrons. The third kappa shape index (κ3) is 6.90. The highest BCUT2D eigenvalue weighted by Crippen LogP contribution is 2.20. The Labute approximate surface area is 217 Å². The molecule has 7 nitrogen and oxygen atoms in total. The van der Waals surface area contributed by atoms with E-state index in [1.165, 1.54) is 23.8 Å². The average Bonchev–Trinajstić information content (AvgIpc) is 3.18. The fraction of sp³-hybridized carbons (Fsp3) is 0.379. The number of hydrogen-bond donors (Lipinski definition) is 0. The summed E-state index contributed by atoms with van der Waals surface area (Å²) in [6.45, 7) is 7.08. The lowest BCUT2D eigenvalue weighted by Gasteiger charge is -2.27. The summed E-state index contributed by atoms with van der Waals surface area (Å²) < 4.78 is 13.7. The first kappa shape index (κ1) is 26.3. The minimum absolute atomic E-state index is 0.0135. The van der Waals surface area contributed by atoms with E-state index in [1.807, 2.05) is 36.1 Å². The molecular weight excluding hydrogens is 469 g/mol. The molecule has 0 aliphatic carbocycles. The Bertz CT molecular complexity index is 1200. The Kier molecular flexibility index (Phi) is 8.82. The van der Waals surface area contributed by atoms with Gasteiger partial charge in [-0.2, -0.15) is 0 Å². The van der Waals surface area contributed by atoms with Crippen LogP contribution in [-0.4, -0.2) is 71.1 Å². The fourth-order valence-corrected chi connectivity index (χ4v) is 4.44. The highest BCUT2D eigenvalue weighted by atomic mass is 19.1. The van der Waals surface area contributed by atoms with E-state index >= 15 is 0 Å². The van der Waals surface area contributed by atoms with Crippen LogP contribution in [0, 0.1) is 12.7 Å². The van der Waals surface area contributed by atoms with E-state index in [-0.39, 0.29) is 23.9 Å². The molecule has 0 saturated carbocycles. The van der Waals surface area contributed by atoms with Crippen molar-refractivity contribution in [1.82, 2.24) is 20.0 Å². The van der Waals surface area contributed by atoms with Crippen molar-refractivity contribution in [2.24, 2.45) is 0 Å². The standard InChI is InChI=1S/C29H34FN5O2/c1-3-4-15-35(29(37)24-7-5-8-25(30)20-24)21-28(36)34-17-6-16-33(18-19-34)27-14-13-26(31-32-27)23-11-9-22(2)10-12-23/h5,7-14,20H,3-4,6,15-19,21H2,1-2H3. The SMILES string of the molecule is CCCCN(CC(=O)N1CCCN(c2ccc(-c3ccc(C)cc3)nn2)CC1)C(=O)c1cccc(F)c1. The highest BCUT2D eigenvalue weighted by Gasteiger charge is 2.24. The number of unbranched alkanes of at least 4 members (excludes halogenated alkanes) is 1. The largest absolute Gasteiger partial charge is 0.353 e. The van der Waals surface area contributed by atoms with Crippen LogP contribution in [0.25, 0.3) is 11.3 Å². The first-order chi connectivity index (χ1) is 17.9. The number of aryl methyl sites for hydroxylation is 1. The van der Waals surface area contributed by atoms with Gasteiger partial charge in [-0.1, -0.05) is 49.2 Å². The molecule has 0 N–H and O–H groups in total. The number of benzene rings is 2. The molecular formula is C29H34FN5O2. The summed E-state index contributed by atoms with van der Waals surface area (Å²) in [7, 11) is 0. The summed E-state index contributed by atoms with van der Waals surface area (Å²) >= 11 is 0. The number of halogens is 1. The summed E-state index contributed by atoms with van der Waals surface area (Å²) in [4.78, 5) is 31.7. The van der Waals surface area contributed by atoms with Gasteiger partial charge in [-0.15, -0.1) is 10.2 Å². The minimum atomic E-state index is -0.463. The number of aromatic nitrogens is 2. The molecule has 0 unspecified atom stereocenters. The molecule has 1 aliphatic heterocycles. The molecule has 1 fully saturated rings. The molecule has 2 aromatic carbocycles. The lowest BCUT2D eigenvalue weighted by Crippen LogP contribution is -2.44. The average molecular weight is 504 g/mol. The van der Waals surface area contributed by atoms with Crippen molar-refractivity contribution in [2.75, 3.05) is 44.2 Å². The Morgan fingerprint density at radius 1 is 0.973 bits per heavy atom. The summed E-state index contributed by atoms with van der Waals surface area (Å²) in [5, 5.41) is 8.87. The van der Waals surface area contributed by atoms with Crippen molar-refractivity contribution in [2.45, 2.75) is 33.1 Å². The number of carbonyl (C=O) groups is 2. The number of hydrogen-bond acceptors (Lipinski definition) is 5. The van der Waals surface area contributed by atoms with Crippen molar-refractivity contribution >= 4 is 17.6 Å². The lowest BCUT2D eigenvalue weighted by molar-refractivity contribution is -0.131. The van der Waals surface area contributed by atoms with Crippen LogP contribution < -0.4 is 4.90 Å². The maximum atomic E-state index is 13.7. The maximum absolute atomic E-state index is 13.7. The Morgan fingerprint density at radius 2 is 1.78 bits per heavy atom. The smallest absolute Gasteiger partial charge is 0.254 e. The molecule has 2 heterocycles. The fourth-order valence-electron chi connectivity index (χ4n) is 4.44. The van der Waals surface area contributed by atoms with Crippen LogP contribution in [0.5, 0.6) is 0 Å². The van der Waals surface area contributed by atoms with Crippen molar-refractivity contribution in [1.29, 1.82) is 0 Å². The van der Waals surface area contributed by atoms with Gasteiger partial charge in [0.05, 0.1) is 5.69 Å². The molecule has 37 heavy (non-hydrogen) atoms. The van der Waals surface area contributed by atoms with Crippen molar-refractivity contribution in [3.8, 4) is 11.3 Å². The van der Waals surface area contributed by atoms with E-state index in [2.05, 4.69) is 34.2 Å². The van der Waals surface area contributed by atoms with Crippen LogP contribution >= 0.6 is 0 Å². The minimum Gasteiger partial charge on any atom is -0.353 e. The van der Waals surface area contributed by atoms with Crippen LogP contribution in [0.4, 0.5) is 10.2 Å². The van der Waals surface area contributed by atoms with Gasteiger partial charge in [0.2, 0.25) is 5.91 Å². The first-order valence-electron chi connectivity index (χ1n) is 12.9. The zero-order valence-electron chi connectivity index (χ0n) is 21.6. The van der Waals surface area contributed by atoms with Crippen LogP contribution in [0.15, 0.2) is 60.7 Å². The van der Waals surface area contributed by atoms with Gasteiger partial charge in [-0.3, -0.25) is 9.59 Å². The summed E-state index contributed by atoms with van der Waals surface area (Å²) in [6, 6.07) is 17.8. The monoisotopic (exact) mass is 503 g/mol. The second-order valence-corrected chi connectivity index (χ2v) is 9.45. The van der Waals surface area contributed by atoms with Gasteiger partial charge in [-0.05, 0) is 50.1 Å². The third-order valence-electron chi connectivity index (χ3n) is 6.64. The summed E-state index contributed by atoms with van der Waals surface area (Å²) in [6.07, 6.45) is 2.46. The van der Waals surface area contributed by atoms with Crippen LogP contribution in [0.1, 0.15) is 42.1 Å². The van der Waals surface area contributed by atoms with E-state index < -0.39 is 5.82 Å². The zero-order chi connectivity index (χ0) is 26.2. The summed E-state index contributed by atoms with van der Waals surface area (Å²) in [5.74, 6) is -0.0866. The molecule has 0 spiro atoms. The van der Waals surface area contributed by atoms with Gasteiger partial charge in [0.1, 0.15) is 12.4 Å². The molecule has 8 heteroatoms. The molecule has 3 aromatic rings. The highest BCUT2D eigenvalue weighted by molar-refractivity contribution is 5.96. The van der Waals surface area contributed by atoms with Crippen LogP contribution in [0.3, 0.4) is 0 Å². The van der Waals surface area contributed by atoms with Crippen molar-refractivity contribution in [3.63, 3.8) is 0 Å². The normalized spacial score (nSPS) is 13.8. The number of anilines is 1. The quantitative estimate of drug-likeness (QED) is 0.450. The Morgan fingerprint density at radius 3 is 2.49 bits per heavy atom. The Hall–Kier alpha value is -3.81. The predicted molar refractivity (Wildman–Crippen MR) is 143 cm³/mol. The van der Waals surface area contributed by atoms with Gasteiger partial charge < -0.3 is 14.7 Å². The molecule has 1 aromatic heterocycles. The molecule has 0 radical (unpaired) electrons. The third-order valence-corrected chi connectivity index (χ3v) is 6.64. The molecule has 0 bridgehead atoms. The van der Waals surface area contributed by atoms with E-state index in [0.717, 1.165) is 42.9 Å². The number of rotatable bonds is 8. The maximum Gasteiger partial charge on any atom is 0.254 e.